The van der Waals surface area contributed by atoms with E-state index in [1.54, 1.807) is 0 Å². The normalized spacial score (nSPS) is 27.2. The number of nitrogens with one attached hydrogen (secondary N) is 1. The Morgan fingerprint density at radius 3 is 2.39 bits per heavy atom. The average Bonchev–Trinajstić information content (AvgIpc) is 2.82. The molecule has 1 saturated heterocycles. The number of phosphoric acid groups is 3. The molecule has 19 heteroatoms. The second-order valence-electron chi connectivity index (χ2n) is 5.27. The first-order valence-electron chi connectivity index (χ1n) is 7.04. The first kappa shape index (κ1) is 23.3. The maximum absolute atomic E-state index is 11.7. The van der Waals surface area contributed by atoms with Gasteiger partial charge >= 0.3 is 5.69 Å². The van der Waals surface area contributed by atoms with E-state index < -0.39 is 59.8 Å². The van der Waals surface area contributed by atoms with Crippen LogP contribution >= 0.6 is 23.5 Å². The summed E-state index contributed by atoms with van der Waals surface area (Å²) < 4.78 is 49.3. The van der Waals surface area contributed by atoms with E-state index in [4.69, 9.17) is 4.74 Å². The van der Waals surface area contributed by atoms with Crippen molar-refractivity contribution in [1.82, 2.24) is 9.55 Å². The smallest absolute Gasteiger partial charge is 0.330 e. The van der Waals surface area contributed by atoms with Gasteiger partial charge in [-0.25, -0.2) is 9.11 Å². The number of nitrogens with zero attached hydrogens (tertiary/aromatic N) is 1. The van der Waals surface area contributed by atoms with Gasteiger partial charge in [-0.3, -0.25) is 27.8 Å². The Bertz CT molecular complexity index is 965. The monoisotopic (exact) mass is 464 g/mol. The zero-order valence-corrected chi connectivity index (χ0v) is 16.0. The van der Waals surface area contributed by atoms with Crippen molar-refractivity contribution in [3.63, 3.8) is 0 Å². The first-order chi connectivity index (χ1) is 12.7. The predicted octanol–water partition coefficient (Wildman–Crippen LogP) is -4.00. The number of H-pyrrole nitrogens is 1. The number of hydrogen-bond acceptors (Lipinski definition) is 14. The minimum Gasteiger partial charge on any atom is -0.790 e. The van der Waals surface area contributed by atoms with Gasteiger partial charge in [-0.2, -0.15) is 0 Å². The number of aliphatic hydroxyl groups excluding tert-OH is 1. The average molecular weight is 464 g/mol. The lowest BCUT2D eigenvalue weighted by atomic mass is 10.2. The van der Waals surface area contributed by atoms with E-state index in [1.165, 1.54) is 0 Å². The summed E-state index contributed by atoms with van der Waals surface area (Å²) in [5.41, 5.74) is -1.62. The maximum atomic E-state index is 11.7. The van der Waals surface area contributed by atoms with Gasteiger partial charge in [-0.15, -0.1) is 0 Å². The molecule has 2 rings (SSSR count). The summed E-state index contributed by atoms with van der Waals surface area (Å²) in [5.74, 6) is 0. The summed E-state index contributed by atoms with van der Waals surface area (Å²) in [6, 6.07) is 0.970. The molecule has 160 valence electrons. The van der Waals surface area contributed by atoms with Gasteiger partial charge in [0.2, 0.25) is 0 Å². The van der Waals surface area contributed by atoms with Crippen LogP contribution in [0.25, 0.3) is 0 Å². The van der Waals surface area contributed by atoms with E-state index in [2.05, 4.69) is 13.1 Å². The zero-order valence-electron chi connectivity index (χ0n) is 13.3. The summed E-state index contributed by atoms with van der Waals surface area (Å²) in [7, 11) is -17.9. The molecule has 1 aromatic rings. The highest BCUT2D eigenvalue weighted by atomic mass is 31.3. The number of rotatable bonds is 8. The van der Waals surface area contributed by atoms with E-state index in [0.29, 0.717) is 0 Å². The van der Waals surface area contributed by atoms with E-state index in [1.807, 2.05) is 4.98 Å². The fraction of sp³-hybridized carbons (Fsp3) is 0.556. The molecule has 1 aliphatic heterocycles. The molecule has 0 saturated carbocycles. The molecule has 1 aromatic heterocycles. The van der Waals surface area contributed by atoms with E-state index in [-0.39, 0.29) is 6.42 Å². The number of aromatic nitrogens is 2. The SMILES string of the molecule is O=c1ccn(C2OC(COP(=O)([O-])OP(=O)([O-])OP(=O)([O-])[O-])CC2O)c(=O)[nH]1. The van der Waals surface area contributed by atoms with Gasteiger partial charge in [0.15, 0.2) is 6.23 Å². The Balaban J connectivity index is 1.98. The summed E-state index contributed by atoms with van der Waals surface area (Å²) in [6.07, 6.45) is -3.06. The van der Waals surface area contributed by atoms with Crippen molar-refractivity contribution >= 4 is 23.5 Å². The molecule has 5 atom stereocenters. The molecule has 0 aromatic carbocycles. The molecule has 2 N–H and O–H groups in total. The molecule has 1 aliphatic rings. The lowest BCUT2D eigenvalue weighted by Gasteiger charge is -2.37. The van der Waals surface area contributed by atoms with Gasteiger partial charge in [0.1, 0.15) is 6.10 Å². The highest BCUT2D eigenvalue weighted by Gasteiger charge is 2.36. The van der Waals surface area contributed by atoms with Crippen molar-refractivity contribution in [3.05, 3.63) is 33.1 Å². The van der Waals surface area contributed by atoms with Crippen LogP contribution in [0.2, 0.25) is 0 Å². The molecule has 0 radical (unpaired) electrons. The van der Waals surface area contributed by atoms with Gasteiger partial charge in [0.25, 0.3) is 21.2 Å². The van der Waals surface area contributed by atoms with Gasteiger partial charge in [-0.1, -0.05) is 0 Å². The highest BCUT2D eigenvalue weighted by Crippen LogP contribution is 2.60. The first-order valence-corrected chi connectivity index (χ1v) is 11.4. The Morgan fingerprint density at radius 1 is 1.18 bits per heavy atom. The zero-order chi connectivity index (χ0) is 21.3. The number of aromatic amines is 1. The maximum Gasteiger partial charge on any atom is 0.330 e. The number of hydrogen-bond donors (Lipinski definition) is 2. The van der Waals surface area contributed by atoms with Gasteiger partial charge in [0, 0.05) is 18.7 Å². The minimum atomic E-state index is -6.10. The van der Waals surface area contributed by atoms with Gasteiger partial charge in [0.05, 0.1) is 20.5 Å². The van der Waals surface area contributed by atoms with Crippen LogP contribution in [0.15, 0.2) is 21.9 Å². The van der Waals surface area contributed by atoms with Crippen molar-refractivity contribution in [2.24, 2.45) is 0 Å². The molecule has 28 heavy (non-hydrogen) atoms. The van der Waals surface area contributed by atoms with Crippen molar-refractivity contribution in [1.29, 1.82) is 0 Å². The fourth-order valence-corrected chi connectivity index (χ4v) is 5.06. The van der Waals surface area contributed by atoms with E-state index in [0.717, 1.165) is 16.8 Å². The van der Waals surface area contributed by atoms with Crippen LogP contribution in [0.3, 0.4) is 0 Å². The Labute approximate surface area is 154 Å². The summed E-state index contributed by atoms with van der Waals surface area (Å²) in [5, 5.41) is 9.92. The molecular weight excluding hydrogens is 453 g/mol. The molecule has 1 fully saturated rings. The Morgan fingerprint density at radius 2 is 1.82 bits per heavy atom. The van der Waals surface area contributed by atoms with Crippen LogP contribution in [0, 0.1) is 0 Å². The largest absolute Gasteiger partial charge is 0.790 e. The summed E-state index contributed by atoms with van der Waals surface area (Å²) in [6.45, 7) is -0.904. The minimum absolute atomic E-state index is 0.266. The van der Waals surface area contributed by atoms with Crippen LogP contribution in [-0.2, 0) is 31.6 Å². The van der Waals surface area contributed by atoms with Crippen LogP contribution in [-0.4, -0.2) is 33.5 Å². The lowest BCUT2D eigenvalue weighted by Crippen LogP contribution is -2.35. The molecule has 0 amide bonds. The van der Waals surface area contributed by atoms with Crippen molar-refractivity contribution in [2.75, 3.05) is 6.61 Å². The second kappa shape index (κ2) is 8.40. The molecule has 0 bridgehead atoms. The summed E-state index contributed by atoms with van der Waals surface area (Å²) in [4.78, 5) is 67.5. The van der Waals surface area contributed by atoms with Crippen LogP contribution in [0.1, 0.15) is 12.6 Å². The summed E-state index contributed by atoms with van der Waals surface area (Å²) >= 11 is 0. The Kier molecular flexibility index (Phi) is 6.99. The van der Waals surface area contributed by atoms with E-state index in [9.17, 15) is 48.0 Å². The molecule has 0 aliphatic carbocycles. The standard InChI is InChI=1S/C9H15N2O14P3/c12-6-3-5(23-8(6)11-2-1-7(13)10-9(11)14)4-22-27(18,19)25-28(20,21)24-26(15,16)17/h1-2,5-6,8,12H,3-4H2,(H,18,19)(H,20,21)(H,10,13,14)(H2,15,16,17)/p-4. The van der Waals surface area contributed by atoms with Gasteiger partial charge < -0.3 is 38.5 Å². The Hall–Kier alpha value is -0.990. The van der Waals surface area contributed by atoms with Crippen LogP contribution < -0.4 is 30.8 Å². The number of phosphoric ester groups is 1. The van der Waals surface area contributed by atoms with E-state index >= 15 is 0 Å². The molecule has 5 unspecified atom stereocenters. The van der Waals surface area contributed by atoms with Crippen molar-refractivity contribution in [3.8, 4) is 0 Å². The van der Waals surface area contributed by atoms with Gasteiger partial charge in [-0.05, 0) is 0 Å². The molecule has 0 spiro atoms. The highest BCUT2D eigenvalue weighted by molar-refractivity contribution is 7.64. The molecular formula is C9H11N2O14P3-4. The van der Waals surface area contributed by atoms with Crippen LogP contribution in [0.4, 0.5) is 0 Å². The van der Waals surface area contributed by atoms with Crippen LogP contribution in [0.5, 0.6) is 0 Å². The quantitative estimate of drug-likeness (QED) is 0.348. The van der Waals surface area contributed by atoms with Crippen molar-refractivity contribution in [2.45, 2.75) is 24.9 Å². The number of aliphatic hydroxyl groups is 1. The third kappa shape index (κ3) is 6.81. The lowest BCUT2D eigenvalue weighted by molar-refractivity contribution is -0.339. The molecule has 2 heterocycles. The third-order valence-electron chi connectivity index (χ3n) is 3.11. The topological polar surface area (TPSA) is 255 Å². The third-order valence-corrected chi connectivity index (χ3v) is 6.77. The molecule has 16 nitrogen and oxygen atoms in total. The van der Waals surface area contributed by atoms with Crippen molar-refractivity contribution < 1.29 is 56.3 Å². The fourth-order valence-electron chi connectivity index (χ4n) is 2.17. The second-order valence-corrected chi connectivity index (χ2v) is 9.52. The predicted molar refractivity (Wildman–Crippen MR) is 76.8 cm³/mol. The number of ether oxygens (including phenoxy) is 1.